The minimum absolute atomic E-state index is 0.116. The van der Waals surface area contributed by atoms with E-state index >= 15 is 0 Å². The summed E-state index contributed by atoms with van der Waals surface area (Å²) in [6.07, 6.45) is 0.713. The van der Waals surface area contributed by atoms with Crippen LogP contribution in [0.3, 0.4) is 0 Å². The number of carbonyl (C=O) groups is 1. The number of nitrogens with zero attached hydrogens (tertiary/aromatic N) is 1. The van der Waals surface area contributed by atoms with E-state index in [1.807, 2.05) is 32.9 Å². The lowest BCUT2D eigenvalue weighted by Crippen LogP contribution is -2.39. The molecular weight excluding hydrogens is 376 g/mol. The van der Waals surface area contributed by atoms with Crippen molar-refractivity contribution in [3.63, 3.8) is 0 Å². The maximum Gasteiger partial charge on any atom is 0.243 e. The topological polar surface area (TPSA) is 75.7 Å². The fraction of sp³-hybridized carbons (Fsp3) is 0.381. The van der Waals surface area contributed by atoms with Crippen molar-refractivity contribution in [3.05, 3.63) is 59.2 Å². The summed E-state index contributed by atoms with van der Waals surface area (Å²) in [4.78, 5) is 12.6. The fourth-order valence-electron chi connectivity index (χ4n) is 3.07. The maximum atomic E-state index is 12.7. The predicted octanol–water partition coefficient (Wildman–Crippen LogP) is 3.20. The Kier molecular flexibility index (Phi) is 7.21. The zero-order valence-corrected chi connectivity index (χ0v) is 17.8. The number of rotatable bonds is 8. The molecule has 6 nitrogen and oxygen atoms in total. The summed E-state index contributed by atoms with van der Waals surface area (Å²) in [6.45, 7) is 5.77. The van der Waals surface area contributed by atoms with Crippen LogP contribution >= 0.6 is 0 Å². The van der Waals surface area contributed by atoms with Crippen LogP contribution in [0.2, 0.25) is 0 Å². The van der Waals surface area contributed by atoms with Crippen molar-refractivity contribution in [2.45, 2.75) is 38.1 Å². The average molecular weight is 405 g/mol. The normalized spacial score (nSPS) is 12.6. The molecule has 152 valence electrons. The minimum atomic E-state index is -3.76. The van der Waals surface area contributed by atoms with Gasteiger partial charge in [0.2, 0.25) is 15.9 Å². The van der Waals surface area contributed by atoms with E-state index in [1.165, 1.54) is 26.3 Å². The van der Waals surface area contributed by atoms with Crippen molar-refractivity contribution in [3.8, 4) is 5.75 Å². The Bertz CT molecular complexity index is 924. The Morgan fingerprint density at radius 3 is 2.32 bits per heavy atom. The highest BCUT2D eigenvalue weighted by Crippen LogP contribution is 2.22. The van der Waals surface area contributed by atoms with E-state index in [-0.39, 0.29) is 23.4 Å². The molecule has 0 radical (unpaired) electrons. The van der Waals surface area contributed by atoms with E-state index in [0.717, 1.165) is 21.0 Å². The van der Waals surface area contributed by atoms with Gasteiger partial charge in [-0.1, -0.05) is 30.7 Å². The highest BCUT2D eigenvalue weighted by atomic mass is 32.2. The van der Waals surface area contributed by atoms with Gasteiger partial charge in [0, 0.05) is 7.05 Å². The van der Waals surface area contributed by atoms with Gasteiger partial charge in [0.05, 0.1) is 24.6 Å². The molecule has 1 atom stereocenters. The van der Waals surface area contributed by atoms with Crippen LogP contribution in [-0.4, -0.2) is 39.3 Å². The Morgan fingerprint density at radius 1 is 1.14 bits per heavy atom. The van der Waals surface area contributed by atoms with Crippen LogP contribution in [0.1, 0.15) is 36.1 Å². The summed E-state index contributed by atoms with van der Waals surface area (Å²) in [5.74, 6) is 0.227. The van der Waals surface area contributed by atoms with Gasteiger partial charge in [-0.2, -0.15) is 4.31 Å². The summed E-state index contributed by atoms with van der Waals surface area (Å²) < 4.78 is 31.5. The Morgan fingerprint density at radius 2 is 1.79 bits per heavy atom. The molecule has 2 rings (SSSR count). The van der Waals surface area contributed by atoms with Crippen LogP contribution in [0, 0.1) is 13.8 Å². The van der Waals surface area contributed by atoms with E-state index in [4.69, 9.17) is 4.74 Å². The first-order valence-electron chi connectivity index (χ1n) is 9.16. The fourth-order valence-corrected chi connectivity index (χ4v) is 4.20. The quantitative estimate of drug-likeness (QED) is 0.733. The molecule has 0 aliphatic carbocycles. The smallest absolute Gasteiger partial charge is 0.243 e. The number of hydrogen-bond donors (Lipinski definition) is 1. The SMILES string of the molecule is CC[C@H](NC(=O)CN(C)S(=O)(=O)c1ccc(OC)cc1)c1ccc(C)cc1C. The van der Waals surface area contributed by atoms with Crippen molar-refractivity contribution in [1.29, 1.82) is 0 Å². The summed E-state index contributed by atoms with van der Waals surface area (Å²) in [7, 11) is -0.849. The van der Waals surface area contributed by atoms with E-state index in [0.29, 0.717) is 12.2 Å². The standard InChI is InChI=1S/C21H28N2O4S/c1-6-20(19-12-7-15(2)13-16(19)3)22-21(24)14-23(4)28(25,26)18-10-8-17(27-5)9-11-18/h7-13,20H,6,14H2,1-5H3,(H,22,24)/t20-/m0/s1. The van der Waals surface area contributed by atoms with Crippen LogP contribution in [0.15, 0.2) is 47.4 Å². The maximum absolute atomic E-state index is 12.7. The lowest BCUT2D eigenvalue weighted by atomic mass is 9.97. The first-order valence-corrected chi connectivity index (χ1v) is 10.6. The number of hydrogen-bond acceptors (Lipinski definition) is 4. The van der Waals surface area contributed by atoms with Crippen molar-refractivity contribution in [2.75, 3.05) is 20.7 Å². The van der Waals surface area contributed by atoms with Crippen LogP contribution in [0.5, 0.6) is 5.75 Å². The zero-order valence-electron chi connectivity index (χ0n) is 17.0. The van der Waals surface area contributed by atoms with Crippen molar-refractivity contribution in [1.82, 2.24) is 9.62 Å². The van der Waals surface area contributed by atoms with Gasteiger partial charge in [-0.15, -0.1) is 0 Å². The largest absolute Gasteiger partial charge is 0.497 e. The van der Waals surface area contributed by atoms with Gasteiger partial charge >= 0.3 is 0 Å². The molecule has 0 saturated carbocycles. The molecule has 0 fully saturated rings. The van der Waals surface area contributed by atoms with Gasteiger partial charge in [0.1, 0.15) is 5.75 Å². The van der Waals surface area contributed by atoms with Gasteiger partial charge in [-0.05, 0) is 55.7 Å². The second-order valence-corrected chi connectivity index (χ2v) is 8.87. The number of carbonyl (C=O) groups excluding carboxylic acids is 1. The highest BCUT2D eigenvalue weighted by Gasteiger charge is 2.24. The highest BCUT2D eigenvalue weighted by molar-refractivity contribution is 7.89. The number of likely N-dealkylation sites (N-methyl/N-ethyl adjacent to an activating group) is 1. The summed E-state index contributed by atoms with van der Waals surface area (Å²) in [6, 6.07) is 12.0. The lowest BCUT2D eigenvalue weighted by molar-refractivity contribution is -0.121. The van der Waals surface area contributed by atoms with E-state index in [2.05, 4.69) is 11.4 Å². The molecule has 0 spiro atoms. The summed E-state index contributed by atoms with van der Waals surface area (Å²) >= 11 is 0. The molecule has 0 heterocycles. The number of nitrogens with one attached hydrogen (secondary N) is 1. The number of sulfonamides is 1. The molecule has 0 saturated heterocycles. The van der Waals surface area contributed by atoms with Gasteiger partial charge in [-0.3, -0.25) is 4.79 Å². The molecule has 28 heavy (non-hydrogen) atoms. The minimum Gasteiger partial charge on any atom is -0.497 e. The van der Waals surface area contributed by atoms with Gasteiger partial charge < -0.3 is 10.1 Å². The molecule has 0 aromatic heterocycles. The second kappa shape index (κ2) is 9.21. The average Bonchev–Trinajstić information content (AvgIpc) is 2.66. The van der Waals surface area contributed by atoms with Crippen LogP contribution < -0.4 is 10.1 Å². The third kappa shape index (κ3) is 5.11. The van der Waals surface area contributed by atoms with Crippen molar-refractivity contribution < 1.29 is 17.9 Å². The summed E-state index contributed by atoms with van der Waals surface area (Å²) in [5, 5.41) is 2.95. The van der Waals surface area contributed by atoms with E-state index < -0.39 is 10.0 Å². The molecule has 2 aromatic carbocycles. The predicted molar refractivity (Wildman–Crippen MR) is 110 cm³/mol. The van der Waals surface area contributed by atoms with Gasteiger partial charge in [-0.25, -0.2) is 8.42 Å². The Hall–Kier alpha value is -2.38. The van der Waals surface area contributed by atoms with E-state index in [9.17, 15) is 13.2 Å². The molecular formula is C21H28N2O4S. The number of aryl methyl sites for hydroxylation is 2. The zero-order chi connectivity index (χ0) is 20.9. The van der Waals surface area contributed by atoms with Crippen LogP contribution in [0.4, 0.5) is 0 Å². The first kappa shape index (κ1) is 21.9. The Labute approximate surface area is 167 Å². The number of methoxy groups -OCH3 is 1. The first-order chi connectivity index (χ1) is 13.2. The van der Waals surface area contributed by atoms with E-state index in [1.54, 1.807) is 12.1 Å². The molecule has 2 aromatic rings. The molecule has 7 heteroatoms. The lowest BCUT2D eigenvalue weighted by Gasteiger charge is -2.22. The van der Waals surface area contributed by atoms with Crippen molar-refractivity contribution in [2.24, 2.45) is 0 Å². The molecule has 1 N–H and O–H groups in total. The number of benzene rings is 2. The monoisotopic (exact) mass is 404 g/mol. The molecule has 1 amide bonds. The van der Waals surface area contributed by atoms with Crippen LogP contribution in [0.25, 0.3) is 0 Å². The molecule has 0 aliphatic heterocycles. The third-order valence-corrected chi connectivity index (χ3v) is 6.50. The van der Waals surface area contributed by atoms with Crippen LogP contribution in [-0.2, 0) is 14.8 Å². The van der Waals surface area contributed by atoms with Gasteiger partial charge in [0.25, 0.3) is 0 Å². The van der Waals surface area contributed by atoms with Crippen molar-refractivity contribution >= 4 is 15.9 Å². The molecule has 0 bridgehead atoms. The van der Waals surface area contributed by atoms with Gasteiger partial charge in [0.15, 0.2) is 0 Å². The third-order valence-electron chi connectivity index (χ3n) is 4.68. The second-order valence-electron chi connectivity index (χ2n) is 6.83. The number of ether oxygens (including phenoxy) is 1. The molecule has 0 unspecified atom stereocenters. The Balaban J connectivity index is 2.09. The molecule has 0 aliphatic rings. The number of amides is 1. The summed E-state index contributed by atoms with van der Waals surface area (Å²) in [5.41, 5.74) is 3.31.